The molecule has 0 bridgehead atoms. The third-order valence-electron chi connectivity index (χ3n) is 3.06. The Labute approximate surface area is 93.6 Å². The molecule has 16 heavy (non-hydrogen) atoms. The number of rotatable bonds is 3. The lowest BCUT2D eigenvalue weighted by Crippen LogP contribution is -2.37. The SMILES string of the molecule is CCCNC(=O)C1CCCC(C(F)(F)F)C1. The summed E-state index contributed by atoms with van der Waals surface area (Å²) < 4.78 is 37.5. The summed E-state index contributed by atoms with van der Waals surface area (Å²) in [7, 11) is 0. The van der Waals surface area contributed by atoms with E-state index in [0.29, 0.717) is 19.4 Å². The van der Waals surface area contributed by atoms with Crippen molar-refractivity contribution in [3.05, 3.63) is 0 Å². The van der Waals surface area contributed by atoms with Gasteiger partial charge in [0.1, 0.15) is 0 Å². The lowest BCUT2D eigenvalue weighted by atomic mass is 9.80. The zero-order valence-electron chi connectivity index (χ0n) is 9.44. The van der Waals surface area contributed by atoms with Gasteiger partial charge in [-0.15, -0.1) is 0 Å². The number of hydrogen-bond acceptors (Lipinski definition) is 1. The lowest BCUT2D eigenvalue weighted by molar-refractivity contribution is -0.186. The minimum absolute atomic E-state index is 0.0426. The maximum atomic E-state index is 12.5. The van der Waals surface area contributed by atoms with Crippen molar-refractivity contribution in [2.75, 3.05) is 6.54 Å². The zero-order chi connectivity index (χ0) is 12.2. The number of halogens is 3. The molecule has 2 unspecified atom stereocenters. The maximum absolute atomic E-state index is 12.5. The Morgan fingerprint density at radius 2 is 2.06 bits per heavy atom. The van der Waals surface area contributed by atoms with E-state index in [0.717, 1.165) is 6.42 Å². The number of nitrogens with one attached hydrogen (secondary N) is 1. The van der Waals surface area contributed by atoms with Crippen molar-refractivity contribution in [2.24, 2.45) is 11.8 Å². The standard InChI is InChI=1S/C11H18F3NO/c1-2-6-15-10(16)8-4-3-5-9(7-8)11(12,13)14/h8-9H,2-7H2,1H3,(H,15,16). The summed E-state index contributed by atoms with van der Waals surface area (Å²) >= 11 is 0. The second kappa shape index (κ2) is 5.55. The van der Waals surface area contributed by atoms with Crippen LogP contribution in [0.5, 0.6) is 0 Å². The molecular weight excluding hydrogens is 219 g/mol. The highest BCUT2D eigenvalue weighted by Gasteiger charge is 2.43. The van der Waals surface area contributed by atoms with Gasteiger partial charge in [-0.25, -0.2) is 0 Å². The summed E-state index contributed by atoms with van der Waals surface area (Å²) in [5, 5.41) is 2.67. The molecule has 2 atom stereocenters. The molecule has 5 heteroatoms. The smallest absolute Gasteiger partial charge is 0.356 e. The van der Waals surface area contributed by atoms with Crippen LogP contribution in [-0.4, -0.2) is 18.6 Å². The van der Waals surface area contributed by atoms with Gasteiger partial charge in [0.15, 0.2) is 0 Å². The molecule has 0 radical (unpaired) electrons. The Hall–Kier alpha value is -0.740. The first-order valence-corrected chi connectivity index (χ1v) is 5.79. The average Bonchev–Trinajstić information content (AvgIpc) is 2.25. The summed E-state index contributed by atoms with van der Waals surface area (Å²) in [6.45, 7) is 2.46. The minimum atomic E-state index is -4.15. The summed E-state index contributed by atoms with van der Waals surface area (Å²) in [6.07, 6.45) is -2.14. The monoisotopic (exact) mass is 237 g/mol. The first-order chi connectivity index (χ1) is 7.45. The average molecular weight is 237 g/mol. The number of carbonyl (C=O) groups excluding carboxylic acids is 1. The predicted octanol–water partition coefficient (Wildman–Crippen LogP) is 2.88. The first kappa shape index (κ1) is 13.3. The lowest BCUT2D eigenvalue weighted by Gasteiger charge is -2.29. The van der Waals surface area contributed by atoms with E-state index in [1.807, 2.05) is 6.92 Å². The number of alkyl halides is 3. The highest BCUT2D eigenvalue weighted by atomic mass is 19.4. The molecule has 1 aliphatic carbocycles. The Morgan fingerprint density at radius 1 is 1.38 bits per heavy atom. The Morgan fingerprint density at radius 3 is 2.62 bits per heavy atom. The van der Waals surface area contributed by atoms with E-state index >= 15 is 0 Å². The Kier molecular flexibility index (Phi) is 4.62. The molecule has 0 aromatic rings. The van der Waals surface area contributed by atoms with Crippen LogP contribution in [0.3, 0.4) is 0 Å². The van der Waals surface area contributed by atoms with E-state index in [9.17, 15) is 18.0 Å². The van der Waals surface area contributed by atoms with Gasteiger partial charge >= 0.3 is 6.18 Å². The summed E-state index contributed by atoms with van der Waals surface area (Å²) in [6, 6.07) is 0. The van der Waals surface area contributed by atoms with Gasteiger partial charge in [-0.2, -0.15) is 13.2 Å². The van der Waals surface area contributed by atoms with Gasteiger partial charge in [-0.1, -0.05) is 13.3 Å². The number of amides is 1. The first-order valence-electron chi connectivity index (χ1n) is 5.79. The van der Waals surface area contributed by atoms with Crippen LogP contribution in [0.15, 0.2) is 0 Å². The van der Waals surface area contributed by atoms with Crippen LogP contribution in [0.25, 0.3) is 0 Å². The van der Waals surface area contributed by atoms with Crippen molar-refractivity contribution >= 4 is 5.91 Å². The highest BCUT2D eigenvalue weighted by molar-refractivity contribution is 5.78. The van der Waals surface area contributed by atoms with Crippen LogP contribution in [0.1, 0.15) is 39.0 Å². The zero-order valence-corrected chi connectivity index (χ0v) is 9.44. The molecule has 2 nitrogen and oxygen atoms in total. The molecule has 0 saturated heterocycles. The van der Waals surface area contributed by atoms with Crippen LogP contribution in [0.2, 0.25) is 0 Å². The van der Waals surface area contributed by atoms with E-state index < -0.39 is 18.0 Å². The summed E-state index contributed by atoms with van der Waals surface area (Å²) in [5.41, 5.74) is 0. The van der Waals surface area contributed by atoms with Gasteiger partial charge in [0.2, 0.25) is 5.91 Å². The highest BCUT2D eigenvalue weighted by Crippen LogP contribution is 2.39. The number of carbonyl (C=O) groups is 1. The Bertz CT molecular complexity index is 240. The molecule has 1 N–H and O–H groups in total. The molecule has 0 aromatic heterocycles. The van der Waals surface area contributed by atoms with Crippen LogP contribution in [-0.2, 0) is 4.79 Å². The summed E-state index contributed by atoms with van der Waals surface area (Å²) in [5.74, 6) is -1.96. The normalized spacial score (nSPS) is 26.5. The topological polar surface area (TPSA) is 29.1 Å². The molecular formula is C11H18F3NO. The van der Waals surface area contributed by atoms with Crippen molar-refractivity contribution in [1.29, 1.82) is 0 Å². The van der Waals surface area contributed by atoms with Gasteiger partial charge in [-0.3, -0.25) is 4.79 Å². The molecule has 1 rings (SSSR count). The van der Waals surface area contributed by atoms with Crippen LogP contribution in [0, 0.1) is 11.8 Å². The maximum Gasteiger partial charge on any atom is 0.391 e. The van der Waals surface area contributed by atoms with Crippen molar-refractivity contribution in [1.82, 2.24) is 5.32 Å². The fourth-order valence-corrected chi connectivity index (χ4v) is 2.12. The molecule has 1 saturated carbocycles. The molecule has 0 aromatic carbocycles. The van der Waals surface area contributed by atoms with E-state index in [1.165, 1.54) is 0 Å². The fraction of sp³-hybridized carbons (Fsp3) is 0.909. The molecule has 0 heterocycles. The number of hydrogen-bond donors (Lipinski definition) is 1. The molecule has 1 fully saturated rings. The van der Waals surface area contributed by atoms with Gasteiger partial charge in [0.25, 0.3) is 0 Å². The van der Waals surface area contributed by atoms with E-state index in [1.54, 1.807) is 0 Å². The predicted molar refractivity (Wildman–Crippen MR) is 54.8 cm³/mol. The van der Waals surface area contributed by atoms with Crippen molar-refractivity contribution in [2.45, 2.75) is 45.2 Å². The van der Waals surface area contributed by atoms with E-state index in [2.05, 4.69) is 5.32 Å². The van der Waals surface area contributed by atoms with Crippen LogP contribution in [0.4, 0.5) is 13.2 Å². The van der Waals surface area contributed by atoms with Crippen LogP contribution < -0.4 is 5.32 Å². The van der Waals surface area contributed by atoms with Crippen molar-refractivity contribution in [3.8, 4) is 0 Å². The third kappa shape index (κ3) is 3.68. The van der Waals surface area contributed by atoms with Gasteiger partial charge in [0.05, 0.1) is 5.92 Å². The second-order valence-electron chi connectivity index (χ2n) is 4.39. The molecule has 94 valence electrons. The van der Waals surface area contributed by atoms with Gasteiger partial charge in [-0.05, 0) is 25.7 Å². The summed E-state index contributed by atoms with van der Waals surface area (Å²) in [4.78, 5) is 11.6. The third-order valence-corrected chi connectivity index (χ3v) is 3.06. The van der Waals surface area contributed by atoms with Crippen molar-refractivity contribution in [3.63, 3.8) is 0 Å². The van der Waals surface area contributed by atoms with E-state index in [4.69, 9.17) is 0 Å². The minimum Gasteiger partial charge on any atom is -0.356 e. The van der Waals surface area contributed by atoms with Crippen molar-refractivity contribution < 1.29 is 18.0 Å². The molecule has 0 aliphatic heterocycles. The van der Waals surface area contributed by atoms with Gasteiger partial charge in [0, 0.05) is 12.5 Å². The van der Waals surface area contributed by atoms with Gasteiger partial charge < -0.3 is 5.32 Å². The fourth-order valence-electron chi connectivity index (χ4n) is 2.12. The molecule has 0 spiro atoms. The molecule has 1 aliphatic rings. The largest absolute Gasteiger partial charge is 0.391 e. The van der Waals surface area contributed by atoms with E-state index in [-0.39, 0.29) is 18.7 Å². The van der Waals surface area contributed by atoms with Crippen LogP contribution >= 0.6 is 0 Å². The second-order valence-corrected chi connectivity index (χ2v) is 4.39. The molecule has 1 amide bonds. The quantitative estimate of drug-likeness (QED) is 0.803. The Balaban J connectivity index is 2.47.